The number of carbonyl (C=O) groups excluding carboxylic acids is 1. The minimum Gasteiger partial charge on any atom is -0.351 e. The Bertz CT molecular complexity index is 132. The van der Waals surface area contributed by atoms with Crippen molar-refractivity contribution in [2.45, 2.75) is 12.5 Å². The number of nitrogens with zero attached hydrogens (tertiary/aromatic N) is 1. The second-order valence-corrected chi connectivity index (χ2v) is 2.79. The van der Waals surface area contributed by atoms with Crippen molar-refractivity contribution in [3.8, 4) is 0 Å². The largest absolute Gasteiger partial charge is 0.351 e. The number of piperazine rings is 1. The first kappa shape index (κ1) is 5.23. The quantitative estimate of drug-likeness (QED) is 0.460. The number of carbonyl (C=O) groups is 1. The van der Waals surface area contributed by atoms with E-state index in [1.54, 1.807) is 0 Å². The van der Waals surface area contributed by atoms with Gasteiger partial charge in [0.1, 0.15) is 0 Å². The number of nitrogens with one attached hydrogen (secondary N) is 1. The standard InChI is InChI=1S/C6H10N2O/c9-6-4-8-2-1-5(3-8)7-6/h5H,1-4H2,(H,7,9). The zero-order valence-corrected chi connectivity index (χ0v) is 5.26. The molecule has 2 fully saturated rings. The zero-order chi connectivity index (χ0) is 6.27. The van der Waals surface area contributed by atoms with Crippen LogP contribution in [0.5, 0.6) is 0 Å². The third-order valence-corrected chi connectivity index (χ3v) is 2.00. The van der Waals surface area contributed by atoms with Crippen molar-refractivity contribution in [2.24, 2.45) is 0 Å². The average Bonchev–Trinajstić information content (AvgIpc) is 2.11. The van der Waals surface area contributed by atoms with Crippen molar-refractivity contribution in [3.63, 3.8) is 0 Å². The lowest BCUT2D eigenvalue weighted by molar-refractivity contribution is -0.123. The van der Waals surface area contributed by atoms with E-state index in [9.17, 15) is 4.79 Å². The fraction of sp³-hybridized carbons (Fsp3) is 0.833. The van der Waals surface area contributed by atoms with Gasteiger partial charge in [-0.3, -0.25) is 9.69 Å². The van der Waals surface area contributed by atoms with Gasteiger partial charge < -0.3 is 5.32 Å². The third-order valence-electron chi connectivity index (χ3n) is 2.00. The Labute approximate surface area is 54.0 Å². The van der Waals surface area contributed by atoms with Crippen LogP contribution in [0.25, 0.3) is 0 Å². The summed E-state index contributed by atoms with van der Waals surface area (Å²) in [5.41, 5.74) is 0. The zero-order valence-electron chi connectivity index (χ0n) is 5.26. The molecule has 2 heterocycles. The van der Waals surface area contributed by atoms with Crippen molar-refractivity contribution in [2.75, 3.05) is 19.6 Å². The lowest BCUT2D eigenvalue weighted by Crippen LogP contribution is -2.47. The van der Waals surface area contributed by atoms with Crippen LogP contribution in [0.4, 0.5) is 0 Å². The van der Waals surface area contributed by atoms with Gasteiger partial charge in [0.15, 0.2) is 0 Å². The molecule has 1 amide bonds. The minimum absolute atomic E-state index is 0.198. The van der Waals surface area contributed by atoms with Gasteiger partial charge in [-0.2, -0.15) is 0 Å². The highest BCUT2D eigenvalue weighted by Gasteiger charge is 2.29. The number of hydrogen-bond acceptors (Lipinski definition) is 2. The van der Waals surface area contributed by atoms with E-state index in [0.717, 1.165) is 19.5 Å². The van der Waals surface area contributed by atoms with E-state index in [1.165, 1.54) is 0 Å². The van der Waals surface area contributed by atoms with Gasteiger partial charge in [-0.1, -0.05) is 0 Å². The summed E-state index contributed by atoms with van der Waals surface area (Å²) in [5, 5.41) is 2.93. The van der Waals surface area contributed by atoms with Crippen LogP contribution >= 0.6 is 0 Å². The van der Waals surface area contributed by atoms with Crippen molar-refractivity contribution in [1.29, 1.82) is 0 Å². The van der Waals surface area contributed by atoms with Gasteiger partial charge in [0.05, 0.1) is 6.54 Å². The summed E-state index contributed by atoms with van der Waals surface area (Å²) in [6.07, 6.45) is 1.14. The maximum absolute atomic E-state index is 10.8. The first-order chi connectivity index (χ1) is 4.34. The molecule has 0 saturated carbocycles. The van der Waals surface area contributed by atoms with Crippen LogP contribution in [0.15, 0.2) is 0 Å². The fourth-order valence-electron chi connectivity index (χ4n) is 1.57. The Morgan fingerprint density at radius 2 is 2.56 bits per heavy atom. The van der Waals surface area contributed by atoms with Crippen LogP contribution < -0.4 is 5.32 Å². The molecule has 0 radical (unpaired) electrons. The maximum Gasteiger partial charge on any atom is 0.234 e. The van der Waals surface area contributed by atoms with Crippen LogP contribution in [0.3, 0.4) is 0 Å². The fourth-order valence-corrected chi connectivity index (χ4v) is 1.57. The van der Waals surface area contributed by atoms with E-state index in [1.807, 2.05) is 0 Å². The summed E-state index contributed by atoms with van der Waals surface area (Å²) in [7, 11) is 0. The first-order valence-electron chi connectivity index (χ1n) is 3.36. The highest BCUT2D eigenvalue weighted by molar-refractivity contribution is 5.79. The average molecular weight is 126 g/mol. The smallest absolute Gasteiger partial charge is 0.234 e. The van der Waals surface area contributed by atoms with Gasteiger partial charge in [0.2, 0.25) is 5.91 Å². The number of fused-ring (bicyclic) bond motifs is 2. The molecule has 2 rings (SSSR count). The molecule has 2 saturated heterocycles. The van der Waals surface area contributed by atoms with Crippen molar-refractivity contribution >= 4 is 5.91 Å². The molecule has 0 aromatic carbocycles. The summed E-state index contributed by atoms with van der Waals surface area (Å²) >= 11 is 0. The van der Waals surface area contributed by atoms with Crippen LogP contribution in [0, 0.1) is 0 Å². The minimum atomic E-state index is 0.198. The summed E-state index contributed by atoms with van der Waals surface area (Å²) in [6.45, 7) is 2.80. The Morgan fingerprint density at radius 3 is 3.33 bits per heavy atom. The summed E-state index contributed by atoms with van der Waals surface area (Å²) in [5.74, 6) is 0.198. The van der Waals surface area contributed by atoms with E-state index in [0.29, 0.717) is 12.6 Å². The predicted octanol–water partition coefficient (Wildman–Crippen LogP) is -0.809. The normalized spacial score (nSPS) is 40.7. The van der Waals surface area contributed by atoms with Crippen molar-refractivity contribution in [3.05, 3.63) is 0 Å². The molecule has 3 nitrogen and oxygen atoms in total. The molecule has 1 N–H and O–H groups in total. The van der Waals surface area contributed by atoms with E-state index < -0.39 is 0 Å². The number of hydrogen-bond donors (Lipinski definition) is 1. The molecule has 2 atom stereocenters. The van der Waals surface area contributed by atoms with Gasteiger partial charge >= 0.3 is 0 Å². The Balaban J connectivity index is 2.11. The lowest BCUT2D eigenvalue weighted by atomic mass is 10.2. The highest BCUT2D eigenvalue weighted by Crippen LogP contribution is 2.11. The summed E-state index contributed by atoms with van der Waals surface area (Å²) in [4.78, 5) is 13.0. The molecule has 3 heteroatoms. The monoisotopic (exact) mass is 126 g/mol. The van der Waals surface area contributed by atoms with Crippen LogP contribution in [0.2, 0.25) is 0 Å². The molecule has 0 aromatic rings. The molecule has 0 aliphatic carbocycles. The highest BCUT2D eigenvalue weighted by atomic mass is 16.2. The first-order valence-corrected chi connectivity index (χ1v) is 3.36. The summed E-state index contributed by atoms with van der Waals surface area (Å²) in [6, 6.07) is 0.464. The van der Waals surface area contributed by atoms with E-state index in [-0.39, 0.29) is 5.91 Å². The predicted molar refractivity (Wildman–Crippen MR) is 33.0 cm³/mol. The van der Waals surface area contributed by atoms with Gasteiger partial charge in [0.25, 0.3) is 0 Å². The Hall–Kier alpha value is -0.570. The molecular weight excluding hydrogens is 116 g/mol. The molecule has 0 spiro atoms. The number of amides is 1. The summed E-state index contributed by atoms with van der Waals surface area (Å²) < 4.78 is 0. The molecule has 2 unspecified atom stereocenters. The topological polar surface area (TPSA) is 32.3 Å². The van der Waals surface area contributed by atoms with Crippen LogP contribution in [0.1, 0.15) is 6.42 Å². The van der Waals surface area contributed by atoms with Crippen LogP contribution in [-0.2, 0) is 4.79 Å². The van der Waals surface area contributed by atoms with Crippen LogP contribution in [-0.4, -0.2) is 36.5 Å². The molecule has 2 aliphatic heterocycles. The molecule has 2 aliphatic rings. The van der Waals surface area contributed by atoms with Gasteiger partial charge in [-0.05, 0) is 6.42 Å². The van der Waals surface area contributed by atoms with Gasteiger partial charge in [-0.15, -0.1) is 0 Å². The Kier molecular flexibility index (Phi) is 0.990. The van der Waals surface area contributed by atoms with Gasteiger partial charge in [0, 0.05) is 19.1 Å². The molecule has 9 heavy (non-hydrogen) atoms. The van der Waals surface area contributed by atoms with E-state index in [4.69, 9.17) is 0 Å². The molecule has 2 bridgehead atoms. The molecule has 50 valence electrons. The SMILES string of the molecule is O=C1CN2CCC(C2)N1. The van der Waals surface area contributed by atoms with Gasteiger partial charge in [-0.25, -0.2) is 0 Å². The van der Waals surface area contributed by atoms with Crippen molar-refractivity contribution in [1.82, 2.24) is 10.2 Å². The van der Waals surface area contributed by atoms with E-state index >= 15 is 0 Å². The Morgan fingerprint density at radius 1 is 1.67 bits per heavy atom. The third kappa shape index (κ3) is 0.812. The maximum atomic E-state index is 10.8. The van der Waals surface area contributed by atoms with Crippen molar-refractivity contribution < 1.29 is 4.79 Å². The lowest BCUT2D eigenvalue weighted by Gasteiger charge is -2.21. The number of rotatable bonds is 0. The molecular formula is C6H10N2O. The second-order valence-electron chi connectivity index (χ2n) is 2.79. The second kappa shape index (κ2) is 1.70. The van der Waals surface area contributed by atoms with E-state index in [2.05, 4.69) is 10.2 Å². The molecule has 0 aromatic heterocycles.